The van der Waals surface area contributed by atoms with Crippen LogP contribution in [0.2, 0.25) is 0 Å². The molecule has 5 rings (SSSR count). The first-order valence-electron chi connectivity index (χ1n) is 13.2. The molecular weight excluding hydrogens is 526 g/mol. The number of amides is 1. The number of nitrogens with one attached hydrogen (secondary N) is 1. The Hall–Kier alpha value is -2.49. The molecule has 3 heterocycles. The molecule has 0 radical (unpaired) electrons. The molecule has 12 nitrogen and oxygen atoms in total. The van der Waals surface area contributed by atoms with Crippen LogP contribution < -0.4 is 5.32 Å². The topological polar surface area (TPSA) is 165 Å². The number of ether oxygens (including phenoxy) is 6. The molecule has 0 bridgehead atoms. The maximum absolute atomic E-state index is 12.3. The van der Waals surface area contributed by atoms with E-state index in [1.807, 2.05) is 60.7 Å². The van der Waals surface area contributed by atoms with Crippen LogP contribution in [-0.2, 0) is 39.8 Å². The van der Waals surface area contributed by atoms with Crippen molar-refractivity contribution in [3.8, 4) is 0 Å². The Kier molecular flexibility index (Phi) is 9.43. The standard InChI is InChI=1S/C28H35NO11/c1-15(31)29-20-25(40-28-23(34)22(33)21(32)18(12-30)37-28)24-19(14-36-26(39-24)17-10-6-3-7-11-17)38-27(20)35-13-16-8-4-2-5-9-16/h2-11,18-28,30,32-34H,12-14H2,1H3,(H,29,31)/t18-,19-,20-,21+,22+,23-,24+,25-,26?,27+,28+/m1/s1. The fourth-order valence-electron chi connectivity index (χ4n) is 5.13. The predicted molar refractivity (Wildman–Crippen MR) is 136 cm³/mol. The van der Waals surface area contributed by atoms with Crippen LogP contribution in [0.5, 0.6) is 0 Å². The van der Waals surface area contributed by atoms with Crippen LogP contribution in [0.4, 0.5) is 0 Å². The van der Waals surface area contributed by atoms with E-state index < -0.39 is 80.2 Å². The number of hydrogen-bond donors (Lipinski definition) is 5. The second-order valence-electron chi connectivity index (χ2n) is 10.0. The summed E-state index contributed by atoms with van der Waals surface area (Å²) in [6.07, 6.45) is -11.9. The molecule has 1 unspecified atom stereocenters. The number of carbonyl (C=O) groups is 1. The van der Waals surface area contributed by atoms with Gasteiger partial charge in [0.1, 0.15) is 48.8 Å². The van der Waals surface area contributed by atoms with E-state index in [-0.39, 0.29) is 13.2 Å². The summed E-state index contributed by atoms with van der Waals surface area (Å²) in [4.78, 5) is 12.3. The summed E-state index contributed by atoms with van der Waals surface area (Å²) in [5.74, 6) is -0.394. The molecule has 1 amide bonds. The van der Waals surface area contributed by atoms with Crippen molar-refractivity contribution in [2.24, 2.45) is 0 Å². The molecule has 0 saturated carbocycles. The highest BCUT2D eigenvalue weighted by Crippen LogP contribution is 2.37. The third kappa shape index (κ3) is 6.37. The first-order chi connectivity index (χ1) is 19.4. The zero-order chi connectivity index (χ0) is 28.2. The molecule has 2 aromatic carbocycles. The van der Waals surface area contributed by atoms with Crippen molar-refractivity contribution in [2.45, 2.75) is 81.2 Å². The summed E-state index contributed by atoms with van der Waals surface area (Å²) in [6, 6.07) is 17.7. The van der Waals surface area contributed by atoms with Gasteiger partial charge in [0, 0.05) is 12.5 Å². The third-order valence-corrected chi connectivity index (χ3v) is 7.18. The third-order valence-electron chi connectivity index (χ3n) is 7.18. The number of fused-ring (bicyclic) bond motifs is 1. The molecular formula is C28H35NO11. The molecule has 11 atom stereocenters. The average molecular weight is 562 g/mol. The van der Waals surface area contributed by atoms with E-state index in [0.29, 0.717) is 0 Å². The minimum atomic E-state index is -1.66. The van der Waals surface area contributed by atoms with Crippen LogP contribution in [0.25, 0.3) is 0 Å². The van der Waals surface area contributed by atoms with Gasteiger partial charge in [-0.1, -0.05) is 60.7 Å². The number of hydrogen-bond acceptors (Lipinski definition) is 11. The van der Waals surface area contributed by atoms with Gasteiger partial charge in [0.15, 0.2) is 18.9 Å². The predicted octanol–water partition coefficient (Wildman–Crippen LogP) is -0.268. The van der Waals surface area contributed by atoms with Crippen LogP contribution in [0.15, 0.2) is 60.7 Å². The van der Waals surface area contributed by atoms with Gasteiger partial charge in [0.25, 0.3) is 0 Å². The Labute approximate surface area is 231 Å². The molecule has 40 heavy (non-hydrogen) atoms. The summed E-state index contributed by atoms with van der Waals surface area (Å²) in [6.45, 7) is 0.989. The molecule has 3 fully saturated rings. The van der Waals surface area contributed by atoms with Crippen LogP contribution in [0, 0.1) is 0 Å². The molecule has 3 aliphatic rings. The Balaban J connectivity index is 1.44. The lowest BCUT2D eigenvalue weighted by atomic mass is 9.94. The van der Waals surface area contributed by atoms with E-state index in [2.05, 4.69) is 5.32 Å². The summed E-state index contributed by atoms with van der Waals surface area (Å²) in [5, 5.41) is 43.8. The average Bonchev–Trinajstić information content (AvgIpc) is 2.98. The Morgan fingerprint density at radius 1 is 0.925 bits per heavy atom. The SMILES string of the molecule is CC(=O)N[C@H]1[C@@H](OCc2ccccc2)O[C@@H]2COC(c3ccccc3)O[C@@H]2[C@@H]1O[C@@H]1O[C@H](CO)[C@H](O)[C@H](O)[C@H]1O. The lowest BCUT2D eigenvalue weighted by Gasteiger charge is -2.51. The van der Waals surface area contributed by atoms with Crippen LogP contribution in [0.3, 0.4) is 0 Å². The largest absolute Gasteiger partial charge is 0.394 e. The van der Waals surface area contributed by atoms with Gasteiger partial charge in [-0.3, -0.25) is 4.79 Å². The van der Waals surface area contributed by atoms with E-state index in [9.17, 15) is 25.2 Å². The van der Waals surface area contributed by atoms with Crippen LogP contribution >= 0.6 is 0 Å². The van der Waals surface area contributed by atoms with Gasteiger partial charge in [-0.2, -0.15) is 0 Å². The molecule has 12 heteroatoms. The van der Waals surface area contributed by atoms with Gasteiger partial charge >= 0.3 is 0 Å². The Morgan fingerprint density at radius 2 is 1.62 bits per heavy atom. The van der Waals surface area contributed by atoms with Crippen molar-refractivity contribution in [2.75, 3.05) is 13.2 Å². The van der Waals surface area contributed by atoms with Gasteiger partial charge in [-0.15, -0.1) is 0 Å². The first-order valence-corrected chi connectivity index (χ1v) is 13.2. The minimum Gasteiger partial charge on any atom is -0.394 e. The molecule has 3 saturated heterocycles. The quantitative estimate of drug-likeness (QED) is 0.288. The molecule has 0 aromatic heterocycles. The molecule has 5 N–H and O–H groups in total. The zero-order valence-corrected chi connectivity index (χ0v) is 21.9. The fourth-order valence-corrected chi connectivity index (χ4v) is 5.13. The van der Waals surface area contributed by atoms with Crippen molar-refractivity contribution in [3.63, 3.8) is 0 Å². The van der Waals surface area contributed by atoms with Crippen molar-refractivity contribution in [1.82, 2.24) is 5.32 Å². The van der Waals surface area contributed by atoms with E-state index >= 15 is 0 Å². The summed E-state index contributed by atoms with van der Waals surface area (Å²) < 4.78 is 36.5. The van der Waals surface area contributed by atoms with Gasteiger partial charge in [0.2, 0.25) is 5.91 Å². The minimum absolute atomic E-state index is 0.108. The highest BCUT2D eigenvalue weighted by molar-refractivity contribution is 5.73. The number of aliphatic hydroxyl groups is 4. The fraction of sp³-hybridized carbons (Fsp3) is 0.536. The molecule has 3 aliphatic heterocycles. The van der Waals surface area contributed by atoms with Gasteiger partial charge in [0.05, 0.1) is 19.8 Å². The molecule has 218 valence electrons. The normalized spacial score (nSPS) is 37.9. The van der Waals surface area contributed by atoms with Gasteiger partial charge < -0.3 is 54.2 Å². The lowest BCUT2D eigenvalue weighted by molar-refractivity contribution is -0.378. The van der Waals surface area contributed by atoms with E-state index in [4.69, 9.17) is 28.4 Å². The number of benzene rings is 2. The zero-order valence-electron chi connectivity index (χ0n) is 21.9. The van der Waals surface area contributed by atoms with Crippen molar-refractivity contribution < 1.29 is 53.6 Å². The monoisotopic (exact) mass is 561 g/mol. The van der Waals surface area contributed by atoms with Crippen LogP contribution in [-0.4, -0.2) is 101 Å². The van der Waals surface area contributed by atoms with Gasteiger partial charge in [-0.05, 0) is 5.56 Å². The Bertz CT molecular complexity index is 1090. The molecule has 0 spiro atoms. The van der Waals surface area contributed by atoms with E-state index in [0.717, 1.165) is 11.1 Å². The van der Waals surface area contributed by atoms with Gasteiger partial charge in [-0.25, -0.2) is 0 Å². The highest BCUT2D eigenvalue weighted by atomic mass is 16.8. The Morgan fingerprint density at radius 3 is 2.30 bits per heavy atom. The van der Waals surface area contributed by atoms with E-state index in [1.165, 1.54) is 6.92 Å². The van der Waals surface area contributed by atoms with Crippen molar-refractivity contribution in [1.29, 1.82) is 0 Å². The maximum atomic E-state index is 12.3. The summed E-state index contributed by atoms with van der Waals surface area (Å²) >= 11 is 0. The highest BCUT2D eigenvalue weighted by Gasteiger charge is 2.54. The maximum Gasteiger partial charge on any atom is 0.217 e. The van der Waals surface area contributed by atoms with Crippen molar-refractivity contribution in [3.05, 3.63) is 71.8 Å². The van der Waals surface area contributed by atoms with E-state index in [1.54, 1.807) is 0 Å². The number of aliphatic hydroxyl groups excluding tert-OH is 4. The first kappa shape index (κ1) is 29.0. The molecule has 0 aliphatic carbocycles. The smallest absolute Gasteiger partial charge is 0.217 e. The second-order valence-corrected chi connectivity index (χ2v) is 10.0. The number of carbonyl (C=O) groups excluding carboxylic acids is 1. The lowest BCUT2D eigenvalue weighted by Crippen LogP contribution is -2.69. The summed E-state index contributed by atoms with van der Waals surface area (Å²) in [5.41, 5.74) is 1.63. The van der Waals surface area contributed by atoms with Crippen molar-refractivity contribution >= 4 is 5.91 Å². The molecule has 2 aromatic rings. The van der Waals surface area contributed by atoms with Crippen LogP contribution in [0.1, 0.15) is 24.3 Å². The second kappa shape index (κ2) is 13.0. The number of rotatable bonds is 8. The summed E-state index contributed by atoms with van der Waals surface area (Å²) in [7, 11) is 0.